The Kier molecular flexibility index (Phi) is 4.92. The van der Waals surface area contributed by atoms with Crippen LogP contribution in [0.3, 0.4) is 0 Å². The van der Waals surface area contributed by atoms with Gasteiger partial charge in [-0.25, -0.2) is 10.6 Å². The summed E-state index contributed by atoms with van der Waals surface area (Å²) in [6.45, 7) is 5.73. The molecule has 1 heterocycles. The average molecular weight is 259 g/mol. The topological polar surface area (TPSA) is 103 Å². The van der Waals surface area contributed by atoms with E-state index in [4.69, 9.17) is 15.3 Å². The Morgan fingerprint density at radius 1 is 1.39 bits per heavy atom. The largest absolute Gasteiger partial charge is 0.444 e. The number of alkyl carbamates (subject to hydrolysis) is 1. The Morgan fingerprint density at radius 2 is 2.06 bits per heavy atom. The van der Waals surface area contributed by atoms with Crippen molar-refractivity contribution in [2.24, 2.45) is 11.8 Å². The lowest BCUT2D eigenvalue weighted by Gasteiger charge is -2.29. The monoisotopic (exact) mass is 259 g/mol. The summed E-state index contributed by atoms with van der Waals surface area (Å²) in [7, 11) is 0. The fourth-order valence-electron chi connectivity index (χ4n) is 1.69. The molecule has 7 heteroatoms. The molecule has 2 atom stereocenters. The summed E-state index contributed by atoms with van der Waals surface area (Å²) in [6, 6.07) is 0. The van der Waals surface area contributed by atoms with Crippen LogP contribution in [-0.2, 0) is 14.3 Å². The van der Waals surface area contributed by atoms with Gasteiger partial charge in [0.05, 0.1) is 0 Å². The first-order valence-corrected chi connectivity index (χ1v) is 5.93. The number of hydrogen-bond donors (Lipinski definition) is 3. The van der Waals surface area contributed by atoms with Gasteiger partial charge in [0.25, 0.3) is 0 Å². The van der Waals surface area contributed by atoms with Crippen molar-refractivity contribution in [3.63, 3.8) is 0 Å². The zero-order valence-electron chi connectivity index (χ0n) is 11.0. The molecule has 1 rings (SSSR count). The second-order valence-electron chi connectivity index (χ2n) is 5.24. The molecule has 1 aliphatic rings. The molecule has 1 fully saturated rings. The molecule has 0 aromatic carbocycles. The molecule has 0 spiro atoms. The molecule has 0 aliphatic carbocycles. The number of carbonyl (C=O) groups excluding carboxylic acids is 2. The molecule has 0 aromatic heterocycles. The molecule has 2 unspecified atom stereocenters. The summed E-state index contributed by atoms with van der Waals surface area (Å²) in [5, 5.41) is 2.58. The van der Waals surface area contributed by atoms with Crippen LogP contribution in [0.15, 0.2) is 0 Å². The number of hydrazine groups is 1. The number of nitrogens with one attached hydrogen (secondary N) is 2. The maximum Gasteiger partial charge on any atom is 0.409 e. The number of carbonyl (C=O) groups is 2. The van der Waals surface area contributed by atoms with E-state index in [0.717, 1.165) is 0 Å². The van der Waals surface area contributed by atoms with E-state index < -0.39 is 17.9 Å². The van der Waals surface area contributed by atoms with Crippen LogP contribution in [-0.4, -0.2) is 30.4 Å². The number of ether oxygens (including phenoxy) is 2. The second kappa shape index (κ2) is 6.01. The van der Waals surface area contributed by atoms with Gasteiger partial charge < -0.3 is 9.47 Å². The van der Waals surface area contributed by atoms with Gasteiger partial charge in [-0.15, -0.1) is 0 Å². The molecule has 104 valence electrons. The van der Waals surface area contributed by atoms with Gasteiger partial charge in [0.2, 0.25) is 5.91 Å². The van der Waals surface area contributed by atoms with Crippen LogP contribution in [0.2, 0.25) is 0 Å². The van der Waals surface area contributed by atoms with Crippen LogP contribution in [0.25, 0.3) is 0 Å². The zero-order valence-corrected chi connectivity index (χ0v) is 11.0. The highest BCUT2D eigenvalue weighted by atomic mass is 16.6. The van der Waals surface area contributed by atoms with E-state index >= 15 is 0 Å². The van der Waals surface area contributed by atoms with E-state index in [1.165, 1.54) is 0 Å². The number of hydrogen-bond acceptors (Lipinski definition) is 5. The van der Waals surface area contributed by atoms with Gasteiger partial charge in [0.1, 0.15) is 11.8 Å². The minimum atomic E-state index is -0.563. The maximum atomic E-state index is 11.5. The predicted molar refractivity (Wildman–Crippen MR) is 64.2 cm³/mol. The van der Waals surface area contributed by atoms with Crippen molar-refractivity contribution in [3.05, 3.63) is 0 Å². The number of nitrogens with two attached hydrogens (primary N) is 1. The first kappa shape index (κ1) is 14.7. The van der Waals surface area contributed by atoms with E-state index in [2.05, 4.69) is 10.7 Å². The molecule has 1 aliphatic heterocycles. The Hall–Kier alpha value is -1.34. The van der Waals surface area contributed by atoms with Crippen molar-refractivity contribution in [2.75, 3.05) is 6.61 Å². The number of rotatable bonds is 2. The van der Waals surface area contributed by atoms with Gasteiger partial charge in [-0.3, -0.25) is 15.5 Å². The summed E-state index contributed by atoms with van der Waals surface area (Å²) >= 11 is 0. The zero-order chi connectivity index (χ0) is 13.8. The van der Waals surface area contributed by atoms with Gasteiger partial charge in [0, 0.05) is 18.9 Å². The first-order chi connectivity index (χ1) is 8.31. The standard InChI is InChI=1S/C11H21N3O4/c1-11(2,3)18-10(16)13-8-6-7(4-5-17-8)9(15)14-12/h7-8H,4-6,12H2,1-3H3,(H,13,16)(H,14,15). The highest BCUT2D eigenvalue weighted by molar-refractivity contribution is 5.78. The van der Waals surface area contributed by atoms with Gasteiger partial charge in [-0.05, 0) is 27.2 Å². The minimum Gasteiger partial charge on any atom is -0.444 e. The minimum absolute atomic E-state index is 0.241. The lowest BCUT2D eigenvalue weighted by molar-refractivity contribution is -0.131. The lowest BCUT2D eigenvalue weighted by atomic mass is 9.98. The molecule has 7 nitrogen and oxygen atoms in total. The van der Waals surface area contributed by atoms with Gasteiger partial charge in [0.15, 0.2) is 0 Å². The first-order valence-electron chi connectivity index (χ1n) is 5.93. The summed E-state index contributed by atoms with van der Waals surface area (Å²) < 4.78 is 10.5. The maximum absolute atomic E-state index is 11.5. The third-order valence-electron chi connectivity index (χ3n) is 2.47. The van der Waals surface area contributed by atoms with Crippen molar-refractivity contribution in [1.29, 1.82) is 0 Å². The molecule has 1 saturated heterocycles. The van der Waals surface area contributed by atoms with Crippen LogP contribution < -0.4 is 16.6 Å². The summed E-state index contributed by atoms with van der Waals surface area (Å²) in [6.07, 6.45) is -0.0881. The summed E-state index contributed by atoms with van der Waals surface area (Å²) in [4.78, 5) is 22.9. The van der Waals surface area contributed by atoms with Crippen LogP contribution in [0.1, 0.15) is 33.6 Å². The Balaban J connectivity index is 2.43. The fraction of sp³-hybridized carbons (Fsp3) is 0.818. The van der Waals surface area contributed by atoms with Crippen molar-refractivity contribution < 1.29 is 19.1 Å². The van der Waals surface area contributed by atoms with Crippen molar-refractivity contribution in [1.82, 2.24) is 10.7 Å². The van der Waals surface area contributed by atoms with E-state index in [1.807, 2.05) is 0 Å². The second-order valence-corrected chi connectivity index (χ2v) is 5.24. The smallest absolute Gasteiger partial charge is 0.409 e. The van der Waals surface area contributed by atoms with Crippen LogP contribution >= 0.6 is 0 Å². The van der Waals surface area contributed by atoms with Crippen molar-refractivity contribution >= 4 is 12.0 Å². The summed E-state index contributed by atoms with van der Waals surface area (Å²) in [5.74, 6) is 4.59. The van der Waals surface area contributed by atoms with E-state index in [9.17, 15) is 9.59 Å². The Labute approximate surface area is 106 Å². The molecule has 0 aromatic rings. The molecule has 0 radical (unpaired) electrons. The van der Waals surface area contributed by atoms with Crippen LogP contribution in [0.5, 0.6) is 0 Å². The van der Waals surface area contributed by atoms with E-state index in [0.29, 0.717) is 19.4 Å². The molecular weight excluding hydrogens is 238 g/mol. The highest BCUT2D eigenvalue weighted by Gasteiger charge is 2.29. The predicted octanol–water partition coefficient (Wildman–Crippen LogP) is 0.254. The molecule has 0 bridgehead atoms. The third kappa shape index (κ3) is 4.89. The van der Waals surface area contributed by atoms with Gasteiger partial charge in [-0.2, -0.15) is 0 Å². The SMILES string of the molecule is CC(C)(C)OC(=O)NC1CC(C(=O)NN)CCO1. The van der Waals surface area contributed by atoms with Gasteiger partial charge in [-0.1, -0.05) is 0 Å². The van der Waals surface area contributed by atoms with Crippen LogP contribution in [0.4, 0.5) is 4.79 Å². The lowest BCUT2D eigenvalue weighted by Crippen LogP contribution is -2.47. The Morgan fingerprint density at radius 3 is 2.61 bits per heavy atom. The summed E-state index contributed by atoms with van der Waals surface area (Å²) in [5.41, 5.74) is 1.55. The molecular formula is C11H21N3O4. The molecule has 18 heavy (non-hydrogen) atoms. The van der Waals surface area contributed by atoms with Crippen molar-refractivity contribution in [3.8, 4) is 0 Å². The van der Waals surface area contributed by atoms with E-state index in [-0.39, 0.29) is 11.8 Å². The molecule has 4 N–H and O–H groups in total. The highest BCUT2D eigenvalue weighted by Crippen LogP contribution is 2.19. The third-order valence-corrected chi connectivity index (χ3v) is 2.47. The number of amides is 2. The quantitative estimate of drug-likeness (QED) is 0.375. The average Bonchev–Trinajstić information content (AvgIpc) is 2.25. The van der Waals surface area contributed by atoms with Crippen LogP contribution in [0, 0.1) is 5.92 Å². The van der Waals surface area contributed by atoms with E-state index in [1.54, 1.807) is 20.8 Å². The van der Waals surface area contributed by atoms with Gasteiger partial charge >= 0.3 is 6.09 Å². The normalized spacial score (nSPS) is 24.2. The Bertz CT molecular complexity index is 314. The molecule has 2 amide bonds. The fourth-order valence-corrected chi connectivity index (χ4v) is 1.69. The molecule has 0 saturated carbocycles. The van der Waals surface area contributed by atoms with Crippen molar-refractivity contribution in [2.45, 2.75) is 45.4 Å².